The van der Waals surface area contributed by atoms with Gasteiger partial charge in [0.05, 0.1) is 0 Å². The maximum Gasteiger partial charge on any atom is 0.0335 e. The summed E-state index contributed by atoms with van der Waals surface area (Å²) in [5.41, 5.74) is 0.863. The maximum atomic E-state index is 7.43. The minimum Gasteiger partial charge on any atom is -0.308 e. The summed E-state index contributed by atoms with van der Waals surface area (Å²) in [5.74, 6) is 2.47. The molecular formula is C7H11NS. The largest absolute Gasteiger partial charge is 0.308 e. The Labute approximate surface area is 60.0 Å². The minimum atomic E-state index is 0.434. The van der Waals surface area contributed by atoms with Crippen LogP contribution in [0.1, 0.15) is 6.92 Å². The van der Waals surface area contributed by atoms with Crippen LogP contribution in [-0.4, -0.2) is 17.2 Å². The molecule has 0 aromatic carbocycles. The van der Waals surface area contributed by atoms with E-state index in [1.54, 1.807) is 0 Å². The number of rotatable bonds is 4. The van der Waals surface area contributed by atoms with E-state index >= 15 is 0 Å². The standard InChI is InChI=1S/C7H11NS/c1-2-9-5-7(8)6-3-4-6/h3-4,6,8H,2,5H2,1H3. The molecule has 0 bridgehead atoms. The molecule has 2 heteroatoms. The van der Waals surface area contributed by atoms with Crippen LogP contribution >= 0.6 is 11.8 Å². The summed E-state index contributed by atoms with van der Waals surface area (Å²) in [4.78, 5) is 0. The van der Waals surface area contributed by atoms with Gasteiger partial charge in [0.25, 0.3) is 0 Å². The zero-order valence-corrected chi connectivity index (χ0v) is 6.37. The van der Waals surface area contributed by atoms with Crippen LogP contribution in [0.15, 0.2) is 12.2 Å². The fraction of sp³-hybridized carbons (Fsp3) is 0.571. The third kappa shape index (κ3) is 2.22. The van der Waals surface area contributed by atoms with E-state index in [1.165, 1.54) is 0 Å². The second-order valence-electron chi connectivity index (χ2n) is 2.07. The molecule has 9 heavy (non-hydrogen) atoms. The minimum absolute atomic E-state index is 0.434. The van der Waals surface area contributed by atoms with E-state index in [9.17, 15) is 0 Å². The van der Waals surface area contributed by atoms with Crippen molar-refractivity contribution in [3.05, 3.63) is 12.2 Å². The Morgan fingerprint density at radius 3 is 2.78 bits per heavy atom. The zero-order chi connectivity index (χ0) is 6.69. The summed E-state index contributed by atoms with van der Waals surface area (Å²) in [5, 5.41) is 7.43. The summed E-state index contributed by atoms with van der Waals surface area (Å²) in [6, 6.07) is 0. The van der Waals surface area contributed by atoms with E-state index in [0.717, 1.165) is 17.2 Å². The lowest BCUT2D eigenvalue weighted by Crippen LogP contribution is -2.03. The van der Waals surface area contributed by atoms with Crippen molar-refractivity contribution >= 4 is 17.5 Å². The van der Waals surface area contributed by atoms with E-state index in [0.29, 0.717) is 5.92 Å². The van der Waals surface area contributed by atoms with Gasteiger partial charge in [-0.05, 0) is 5.75 Å². The Hall–Kier alpha value is -0.240. The van der Waals surface area contributed by atoms with Crippen molar-refractivity contribution in [2.24, 2.45) is 5.92 Å². The molecule has 0 heterocycles. The Morgan fingerprint density at radius 2 is 2.33 bits per heavy atom. The van der Waals surface area contributed by atoms with Crippen molar-refractivity contribution in [1.29, 1.82) is 5.41 Å². The summed E-state index contributed by atoms with van der Waals surface area (Å²) >= 11 is 1.82. The number of thioether (sulfide) groups is 1. The smallest absolute Gasteiger partial charge is 0.0335 e. The summed E-state index contributed by atoms with van der Waals surface area (Å²) in [6.45, 7) is 2.12. The Bertz CT molecular complexity index is 134. The van der Waals surface area contributed by atoms with E-state index in [2.05, 4.69) is 19.1 Å². The van der Waals surface area contributed by atoms with Crippen molar-refractivity contribution in [3.8, 4) is 0 Å². The number of nitrogens with one attached hydrogen (secondary N) is 1. The SMILES string of the molecule is CCSCC(=N)C1C=C1. The quantitative estimate of drug-likeness (QED) is 0.469. The molecule has 0 amide bonds. The average Bonchev–Trinajstić information content (AvgIpc) is 2.63. The van der Waals surface area contributed by atoms with Crippen molar-refractivity contribution < 1.29 is 0 Å². The maximum absolute atomic E-state index is 7.43. The molecule has 0 aromatic rings. The molecule has 0 radical (unpaired) electrons. The van der Waals surface area contributed by atoms with Crippen LogP contribution in [0.2, 0.25) is 0 Å². The predicted molar refractivity (Wildman–Crippen MR) is 43.4 cm³/mol. The van der Waals surface area contributed by atoms with Gasteiger partial charge < -0.3 is 5.41 Å². The molecule has 0 aliphatic heterocycles. The lowest BCUT2D eigenvalue weighted by molar-refractivity contribution is 1.26. The molecule has 0 spiro atoms. The highest BCUT2D eigenvalue weighted by molar-refractivity contribution is 7.99. The average molecular weight is 141 g/mol. The van der Waals surface area contributed by atoms with E-state index < -0.39 is 0 Å². The monoisotopic (exact) mass is 141 g/mol. The van der Waals surface area contributed by atoms with E-state index in [4.69, 9.17) is 5.41 Å². The first-order valence-corrected chi connectivity index (χ1v) is 4.33. The van der Waals surface area contributed by atoms with Gasteiger partial charge in [0.2, 0.25) is 0 Å². The highest BCUT2D eigenvalue weighted by Crippen LogP contribution is 2.19. The van der Waals surface area contributed by atoms with Crippen LogP contribution in [-0.2, 0) is 0 Å². The Balaban J connectivity index is 2.04. The molecule has 50 valence electrons. The van der Waals surface area contributed by atoms with Gasteiger partial charge in [0.1, 0.15) is 0 Å². The molecular weight excluding hydrogens is 130 g/mol. The third-order valence-electron chi connectivity index (χ3n) is 1.25. The molecule has 1 nitrogen and oxygen atoms in total. The lowest BCUT2D eigenvalue weighted by atomic mass is 10.2. The first kappa shape index (κ1) is 6.87. The first-order chi connectivity index (χ1) is 4.34. The summed E-state index contributed by atoms with van der Waals surface area (Å²) in [7, 11) is 0. The highest BCUT2D eigenvalue weighted by Gasteiger charge is 2.15. The molecule has 1 N–H and O–H groups in total. The van der Waals surface area contributed by atoms with Crippen LogP contribution in [0.25, 0.3) is 0 Å². The fourth-order valence-electron chi connectivity index (χ4n) is 0.596. The summed E-state index contributed by atoms with van der Waals surface area (Å²) < 4.78 is 0. The first-order valence-electron chi connectivity index (χ1n) is 3.18. The zero-order valence-electron chi connectivity index (χ0n) is 5.55. The van der Waals surface area contributed by atoms with Gasteiger partial charge in [-0.25, -0.2) is 0 Å². The number of hydrogen-bond donors (Lipinski definition) is 1. The van der Waals surface area contributed by atoms with Crippen molar-refractivity contribution in [2.75, 3.05) is 11.5 Å². The predicted octanol–water partition coefficient (Wildman–Crippen LogP) is 1.95. The molecule has 0 fully saturated rings. The highest BCUT2D eigenvalue weighted by atomic mass is 32.2. The summed E-state index contributed by atoms with van der Waals surface area (Å²) in [6.07, 6.45) is 4.14. The number of allylic oxidation sites excluding steroid dienone is 2. The van der Waals surface area contributed by atoms with Crippen LogP contribution in [0.3, 0.4) is 0 Å². The lowest BCUT2D eigenvalue weighted by Gasteiger charge is -1.97. The molecule has 0 saturated carbocycles. The normalized spacial score (nSPS) is 16.1. The Morgan fingerprint density at radius 1 is 1.67 bits per heavy atom. The van der Waals surface area contributed by atoms with Gasteiger partial charge >= 0.3 is 0 Å². The molecule has 0 saturated heterocycles. The van der Waals surface area contributed by atoms with Gasteiger partial charge in [0.15, 0.2) is 0 Å². The Kier molecular flexibility index (Phi) is 2.34. The van der Waals surface area contributed by atoms with Gasteiger partial charge in [-0.1, -0.05) is 19.1 Å². The van der Waals surface area contributed by atoms with Crippen LogP contribution in [0, 0.1) is 11.3 Å². The molecule has 0 unspecified atom stereocenters. The number of hydrogen-bond acceptors (Lipinski definition) is 2. The van der Waals surface area contributed by atoms with Crippen LogP contribution in [0.5, 0.6) is 0 Å². The van der Waals surface area contributed by atoms with E-state index in [-0.39, 0.29) is 0 Å². The molecule has 1 aliphatic carbocycles. The van der Waals surface area contributed by atoms with Crippen molar-refractivity contribution in [3.63, 3.8) is 0 Å². The van der Waals surface area contributed by atoms with Gasteiger partial charge in [-0.2, -0.15) is 11.8 Å². The van der Waals surface area contributed by atoms with Gasteiger partial charge in [0, 0.05) is 17.4 Å². The molecule has 0 atom stereocenters. The van der Waals surface area contributed by atoms with Crippen molar-refractivity contribution in [2.45, 2.75) is 6.92 Å². The van der Waals surface area contributed by atoms with Crippen LogP contribution < -0.4 is 0 Å². The van der Waals surface area contributed by atoms with Gasteiger partial charge in [-0.15, -0.1) is 0 Å². The fourth-order valence-corrected chi connectivity index (χ4v) is 1.21. The molecule has 1 rings (SSSR count). The van der Waals surface area contributed by atoms with Crippen molar-refractivity contribution in [1.82, 2.24) is 0 Å². The van der Waals surface area contributed by atoms with Crippen LogP contribution in [0.4, 0.5) is 0 Å². The second kappa shape index (κ2) is 3.06. The topological polar surface area (TPSA) is 23.9 Å². The van der Waals surface area contributed by atoms with Gasteiger partial charge in [-0.3, -0.25) is 0 Å². The molecule has 1 aliphatic rings. The third-order valence-corrected chi connectivity index (χ3v) is 2.17. The van der Waals surface area contributed by atoms with E-state index in [1.807, 2.05) is 11.8 Å². The second-order valence-corrected chi connectivity index (χ2v) is 3.35. The molecule has 0 aromatic heterocycles.